The van der Waals surface area contributed by atoms with Crippen molar-refractivity contribution in [3.63, 3.8) is 0 Å². The van der Waals surface area contributed by atoms with Gasteiger partial charge in [-0.05, 0) is 31.4 Å². The highest BCUT2D eigenvalue weighted by molar-refractivity contribution is 5.80. The van der Waals surface area contributed by atoms with Crippen LogP contribution < -0.4 is 5.32 Å². The maximum Gasteiger partial charge on any atom is 0.194 e. The third-order valence-electron chi connectivity index (χ3n) is 4.32. The minimum absolute atomic E-state index is 0.540. The first-order valence-corrected chi connectivity index (χ1v) is 8.14. The van der Waals surface area contributed by atoms with Crippen molar-refractivity contribution in [3.8, 4) is 0 Å². The van der Waals surface area contributed by atoms with Gasteiger partial charge in [0.1, 0.15) is 12.4 Å². The Morgan fingerprint density at radius 3 is 2.74 bits per heavy atom. The lowest BCUT2D eigenvalue weighted by molar-refractivity contribution is 0.378. The molecule has 1 N–H and O–H groups in total. The molecule has 1 aliphatic heterocycles. The van der Waals surface area contributed by atoms with Crippen molar-refractivity contribution in [3.05, 3.63) is 47.0 Å². The molecule has 1 aromatic carbocycles. The van der Waals surface area contributed by atoms with Crippen LogP contribution in [0.4, 0.5) is 0 Å². The van der Waals surface area contributed by atoms with E-state index in [1.165, 1.54) is 11.1 Å². The Morgan fingerprint density at radius 1 is 1.26 bits per heavy atom. The normalized spacial score (nSPS) is 14.7. The van der Waals surface area contributed by atoms with Gasteiger partial charge in [0.05, 0.1) is 0 Å². The summed E-state index contributed by atoms with van der Waals surface area (Å²) in [5.41, 5.74) is 2.84. The minimum atomic E-state index is 0.540. The summed E-state index contributed by atoms with van der Waals surface area (Å²) >= 11 is 0. The SMILES string of the molecule is CCNC(=NCc1nnc(C)n1C)N1CCc2ccccc2C1. The summed E-state index contributed by atoms with van der Waals surface area (Å²) in [6.07, 6.45) is 1.06. The van der Waals surface area contributed by atoms with E-state index in [2.05, 4.69) is 51.6 Å². The molecule has 0 aliphatic carbocycles. The number of nitrogens with zero attached hydrogens (tertiary/aromatic N) is 5. The molecule has 0 atom stereocenters. The van der Waals surface area contributed by atoms with Crippen molar-refractivity contribution in [1.29, 1.82) is 0 Å². The van der Waals surface area contributed by atoms with Crippen LogP contribution in [-0.4, -0.2) is 38.7 Å². The molecule has 0 bridgehead atoms. The van der Waals surface area contributed by atoms with Gasteiger partial charge in [0.15, 0.2) is 11.8 Å². The van der Waals surface area contributed by atoms with Crippen LogP contribution in [0.3, 0.4) is 0 Å². The Hall–Kier alpha value is -2.37. The molecular weight excluding hydrogens is 288 g/mol. The number of hydrogen-bond acceptors (Lipinski definition) is 3. The highest BCUT2D eigenvalue weighted by atomic mass is 15.3. The van der Waals surface area contributed by atoms with E-state index in [0.29, 0.717) is 6.54 Å². The lowest BCUT2D eigenvalue weighted by Gasteiger charge is -2.31. The van der Waals surface area contributed by atoms with Crippen molar-refractivity contribution >= 4 is 5.96 Å². The highest BCUT2D eigenvalue weighted by Crippen LogP contribution is 2.18. The molecule has 0 saturated heterocycles. The van der Waals surface area contributed by atoms with Crippen LogP contribution in [0.5, 0.6) is 0 Å². The van der Waals surface area contributed by atoms with Gasteiger partial charge >= 0.3 is 0 Å². The largest absolute Gasteiger partial charge is 0.356 e. The van der Waals surface area contributed by atoms with Gasteiger partial charge < -0.3 is 14.8 Å². The van der Waals surface area contributed by atoms with E-state index >= 15 is 0 Å². The zero-order chi connectivity index (χ0) is 16.2. The number of guanidine groups is 1. The minimum Gasteiger partial charge on any atom is -0.356 e. The molecule has 6 nitrogen and oxygen atoms in total. The Kier molecular flexibility index (Phi) is 4.60. The van der Waals surface area contributed by atoms with E-state index < -0.39 is 0 Å². The number of benzene rings is 1. The lowest BCUT2D eigenvalue weighted by atomic mass is 10.0. The summed E-state index contributed by atoms with van der Waals surface area (Å²) in [6.45, 7) is 7.33. The molecule has 0 fully saturated rings. The summed E-state index contributed by atoms with van der Waals surface area (Å²) in [7, 11) is 1.98. The van der Waals surface area contributed by atoms with E-state index in [1.54, 1.807) is 0 Å². The van der Waals surface area contributed by atoms with Gasteiger partial charge in [-0.25, -0.2) is 4.99 Å². The van der Waals surface area contributed by atoms with Crippen molar-refractivity contribution in [1.82, 2.24) is 25.0 Å². The first kappa shape index (κ1) is 15.5. The predicted octanol–water partition coefficient (Wildman–Crippen LogP) is 1.65. The van der Waals surface area contributed by atoms with Crippen molar-refractivity contribution in [2.24, 2.45) is 12.0 Å². The molecule has 2 heterocycles. The molecule has 1 aliphatic rings. The second-order valence-corrected chi connectivity index (χ2v) is 5.83. The molecule has 3 rings (SSSR count). The number of fused-ring (bicyclic) bond motifs is 1. The molecule has 23 heavy (non-hydrogen) atoms. The van der Waals surface area contributed by atoms with Crippen LogP contribution in [-0.2, 0) is 26.6 Å². The standard InChI is InChI=1S/C17H24N6/c1-4-18-17(19-11-16-21-20-13(2)22(16)3)23-10-9-14-7-5-6-8-15(14)12-23/h5-8H,4,9-12H2,1-3H3,(H,18,19). The zero-order valence-corrected chi connectivity index (χ0v) is 14.1. The van der Waals surface area contributed by atoms with Gasteiger partial charge in [-0.2, -0.15) is 0 Å². The molecule has 122 valence electrons. The fourth-order valence-corrected chi connectivity index (χ4v) is 2.84. The quantitative estimate of drug-likeness (QED) is 0.691. The summed E-state index contributed by atoms with van der Waals surface area (Å²) in [6, 6.07) is 8.65. The summed E-state index contributed by atoms with van der Waals surface area (Å²) in [4.78, 5) is 7.08. The third kappa shape index (κ3) is 3.36. The maximum absolute atomic E-state index is 4.76. The highest BCUT2D eigenvalue weighted by Gasteiger charge is 2.18. The third-order valence-corrected chi connectivity index (χ3v) is 4.32. The number of aryl methyl sites for hydroxylation is 1. The fourth-order valence-electron chi connectivity index (χ4n) is 2.84. The van der Waals surface area contributed by atoms with Crippen LogP contribution in [0.25, 0.3) is 0 Å². The van der Waals surface area contributed by atoms with E-state index in [1.807, 2.05) is 18.5 Å². The monoisotopic (exact) mass is 312 g/mol. The van der Waals surface area contributed by atoms with Gasteiger partial charge in [-0.1, -0.05) is 24.3 Å². The van der Waals surface area contributed by atoms with Crippen LogP contribution in [0.15, 0.2) is 29.3 Å². The van der Waals surface area contributed by atoms with Crippen molar-refractivity contribution in [2.75, 3.05) is 13.1 Å². The molecular formula is C17H24N6. The molecule has 0 unspecified atom stereocenters. The number of hydrogen-bond donors (Lipinski definition) is 1. The molecule has 0 saturated carbocycles. The van der Waals surface area contributed by atoms with E-state index in [4.69, 9.17) is 4.99 Å². The predicted molar refractivity (Wildman–Crippen MR) is 91.1 cm³/mol. The van der Waals surface area contributed by atoms with Crippen LogP contribution in [0.1, 0.15) is 29.7 Å². The number of nitrogens with one attached hydrogen (secondary N) is 1. The first-order chi connectivity index (χ1) is 11.2. The lowest BCUT2D eigenvalue weighted by Crippen LogP contribution is -2.44. The Morgan fingerprint density at radius 2 is 2.04 bits per heavy atom. The van der Waals surface area contributed by atoms with Crippen LogP contribution in [0.2, 0.25) is 0 Å². The Balaban J connectivity index is 1.76. The Labute approximate surface area is 137 Å². The Bertz CT molecular complexity index is 703. The van der Waals surface area contributed by atoms with Gasteiger partial charge in [-0.15, -0.1) is 10.2 Å². The smallest absolute Gasteiger partial charge is 0.194 e. The zero-order valence-electron chi connectivity index (χ0n) is 14.1. The number of aliphatic imine (C=N–C) groups is 1. The molecule has 2 aromatic rings. The second-order valence-electron chi connectivity index (χ2n) is 5.83. The van der Waals surface area contributed by atoms with E-state index in [9.17, 15) is 0 Å². The maximum atomic E-state index is 4.76. The van der Waals surface area contributed by atoms with Gasteiger partial charge in [0.2, 0.25) is 0 Å². The number of rotatable bonds is 3. The molecule has 0 amide bonds. The van der Waals surface area contributed by atoms with Crippen LogP contribution >= 0.6 is 0 Å². The average molecular weight is 312 g/mol. The van der Waals surface area contributed by atoms with Gasteiger partial charge in [-0.3, -0.25) is 0 Å². The van der Waals surface area contributed by atoms with Gasteiger partial charge in [0.25, 0.3) is 0 Å². The molecule has 0 radical (unpaired) electrons. The summed E-state index contributed by atoms with van der Waals surface area (Å²) < 4.78 is 1.98. The number of aromatic nitrogens is 3. The fraction of sp³-hybridized carbons (Fsp3) is 0.471. The van der Waals surface area contributed by atoms with Crippen molar-refractivity contribution in [2.45, 2.75) is 33.4 Å². The van der Waals surface area contributed by atoms with Crippen LogP contribution in [0, 0.1) is 6.92 Å². The molecule has 1 aromatic heterocycles. The van der Waals surface area contributed by atoms with E-state index in [-0.39, 0.29) is 0 Å². The van der Waals surface area contributed by atoms with Crippen molar-refractivity contribution < 1.29 is 0 Å². The summed E-state index contributed by atoms with van der Waals surface area (Å²) in [5.74, 6) is 2.74. The molecule has 6 heteroatoms. The summed E-state index contributed by atoms with van der Waals surface area (Å²) in [5, 5.41) is 11.7. The van der Waals surface area contributed by atoms with Gasteiger partial charge in [0, 0.05) is 26.7 Å². The second kappa shape index (κ2) is 6.81. The topological polar surface area (TPSA) is 58.3 Å². The first-order valence-electron chi connectivity index (χ1n) is 8.14. The van der Waals surface area contributed by atoms with E-state index in [0.717, 1.165) is 43.7 Å². The molecule has 0 spiro atoms. The average Bonchev–Trinajstić information content (AvgIpc) is 2.90.